The highest BCUT2D eigenvalue weighted by atomic mass is 16.6. The Morgan fingerprint density at radius 3 is 1.96 bits per heavy atom. The van der Waals surface area contributed by atoms with E-state index in [1.54, 1.807) is 30.6 Å². The monoisotopic (exact) mass is 766 g/mol. The molecule has 0 unspecified atom stereocenters. The van der Waals surface area contributed by atoms with E-state index in [0.717, 1.165) is 29.2 Å². The molecule has 5 amide bonds. The number of benzene rings is 2. The molecule has 3 rings (SSSR count). The molecule has 12 heteroatoms. The summed E-state index contributed by atoms with van der Waals surface area (Å²) in [7, 11) is 0. The molecule has 2 aromatic carbocycles. The number of ether oxygens (including phenoxy) is 3. The maximum Gasteiger partial charge on any atom is 0.417 e. The second-order valence-corrected chi connectivity index (χ2v) is 17.5. The lowest BCUT2D eigenvalue weighted by molar-refractivity contribution is -0.130. The van der Waals surface area contributed by atoms with Crippen molar-refractivity contribution in [2.24, 2.45) is 5.92 Å². The van der Waals surface area contributed by atoms with Crippen molar-refractivity contribution in [2.75, 3.05) is 39.3 Å². The first-order valence-electron chi connectivity index (χ1n) is 19.9. The summed E-state index contributed by atoms with van der Waals surface area (Å²) in [5.41, 5.74) is -1.02. The maximum absolute atomic E-state index is 13.4. The summed E-state index contributed by atoms with van der Waals surface area (Å²) in [6, 6.07) is 14.0. The number of hydrogen-bond acceptors (Lipinski definition) is 8. The fourth-order valence-corrected chi connectivity index (χ4v) is 6.35. The van der Waals surface area contributed by atoms with Gasteiger partial charge in [0.25, 0.3) is 0 Å². The molecule has 0 saturated carbocycles. The van der Waals surface area contributed by atoms with E-state index in [9.17, 15) is 24.0 Å². The number of nitrogens with zero attached hydrogens (tertiary/aromatic N) is 3. The van der Waals surface area contributed by atoms with Gasteiger partial charge < -0.3 is 29.3 Å². The van der Waals surface area contributed by atoms with Gasteiger partial charge in [-0.05, 0) is 123 Å². The van der Waals surface area contributed by atoms with Crippen molar-refractivity contribution >= 4 is 40.9 Å². The number of unbranched alkanes of at least 4 members (excludes halogenated alkanes) is 3. The van der Waals surface area contributed by atoms with Crippen LogP contribution in [-0.2, 0) is 30.2 Å². The van der Waals surface area contributed by atoms with Gasteiger partial charge in [-0.3, -0.25) is 9.59 Å². The predicted molar refractivity (Wildman–Crippen MR) is 215 cm³/mol. The third-order valence-electron chi connectivity index (χ3n) is 8.99. The lowest BCUT2D eigenvalue weighted by atomic mass is 9.96. The molecule has 0 bridgehead atoms. The van der Waals surface area contributed by atoms with Crippen molar-refractivity contribution in [3.8, 4) is 0 Å². The van der Waals surface area contributed by atoms with Gasteiger partial charge in [-0.25, -0.2) is 19.3 Å². The molecule has 0 radical (unpaired) electrons. The third kappa shape index (κ3) is 16.9. The van der Waals surface area contributed by atoms with Crippen LogP contribution in [0.25, 0.3) is 10.8 Å². The van der Waals surface area contributed by atoms with Crippen molar-refractivity contribution in [3.63, 3.8) is 0 Å². The highest BCUT2D eigenvalue weighted by molar-refractivity contribution is 5.92. The van der Waals surface area contributed by atoms with Gasteiger partial charge in [0.15, 0.2) is 0 Å². The lowest BCUT2D eigenvalue weighted by Crippen LogP contribution is -2.45. The van der Waals surface area contributed by atoms with Crippen molar-refractivity contribution < 1.29 is 38.2 Å². The van der Waals surface area contributed by atoms with Crippen LogP contribution in [0, 0.1) is 5.92 Å². The summed E-state index contributed by atoms with van der Waals surface area (Å²) < 4.78 is 16.9. The minimum absolute atomic E-state index is 0.0441. The van der Waals surface area contributed by atoms with E-state index >= 15 is 0 Å². The summed E-state index contributed by atoms with van der Waals surface area (Å²) >= 11 is 0. The zero-order chi connectivity index (χ0) is 40.8. The van der Waals surface area contributed by atoms with E-state index in [-0.39, 0.29) is 36.8 Å². The summed E-state index contributed by atoms with van der Waals surface area (Å²) in [6.07, 6.45) is 3.54. The van der Waals surface area contributed by atoms with Crippen LogP contribution in [0.1, 0.15) is 119 Å². The highest BCUT2D eigenvalue weighted by Gasteiger charge is 2.31. The molecule has 1 aliphatic rings. The normalized spacial score (nSPS) is 13.9. The second-order valence-electron chi connectivity index (χ2n) is 17.5. The van der Waals surface area contributed by atoms with Crippen molar-refractivity contribution in [3.05, 3.63) is 48.0 Å². The van der Waals surface area contributed by atoms with Gasteiger partial charge in [-0.1, -0.05) is 48.9 Å². The maximum atomic E-state index is 13.4. The highest BCUT2D eigenvalue weighted by Crippen LogP contribution is 2.23. The van der Waals surface area contributed by atoms with Gasteiger partial charge >= 0.3 is 18.3 Å². The van der Waals surface area contributed by atoms with Crippen LogP contribution in [0.15, 0.2) is 42.5 Å². The van der Waals surface area contributed by atoms with Crippen LogP contribution < -0.4 is 5.32 Å². The number of carbonyl (C=O) groups is 5. The average molecular weight is 767 g/mol. The number of fused-ring (bicyclic) bond motifs is 1. The zero-order valence-corrected chi connectivity index (χ0v) is 34.8. The number of carbonyl (C=O) groups excluding carboxylic acids is 5. The van der Waals surface area contributed by atoms with Crippen molar-refractivity contribution in [1.82, 2.24) is 20.0 Å². The van der Waals surface area contributed by atoms with E-state index < -0.39 is 29.0 Å². The number of likely N-dealkylation sites (tertiary alicyclic amines) is 1. The third-order valence-corrected chi connectivity index (χ3v) is 8.99. The first-order chi connectivity index (χ1) is 25.7. The number of amides is 5. The Morgan fingerprint density at radius 2 is 1.31 bits per heavy atom. The standard InChI is InChI=1S/C43H66N4O8/c1-41(2,3)53-38(50)45-28-23-32(24-29-45)31-46(39(51)54-42(4,5)6)26-15-16-27-47(40(52)55-43(7,8)9)37(49)22-11-10-14-25-44-36(48)30-34-20-17-19-33-18-12-13-21-35(33)34/h12-13,17-21,32H,10-11,14-16,22-31H2,1-9H3,(H,44,48). The van der Waals surface area contributed by atoms with Gasteiger partial charge in [0.05, 0.1) is 6.42 Å². The first kappa shape index (κ1) is 45.0. The Morgan fingerprint density at radius 1 is 0.709 bits per heavy atom. The molecule has 12 nitrogen and oxygen atoms in total. The van der Waals surface area contributed by atoms with Gasteiger partial charge in [0, 0.05) is 45.7 Å². The van der Waals surface area contributed by atoms with Gasteiger partial charge in [-0.15, -0.1) is 0 Å². The first-order valence-corrected chi connectivity index (χ1v) is 19.9. The molecule has 1 saturated heterocycles. The summed E-state index contributed by atoms with van der Waals surface area (Å²) in [6.45, 7) is 19.0. The minimum Gasteiger partial charge on any atom is -0.444 e. The Kier molecular flexibility index (Phi) is 16.8. The lowest BCUT2D eigenvalue weighted by Gasteiger charge is -2.36. The minimum atomic E-state index is -0.771. The summed E-state index contributed by atoms with van der Waals surface area (Å²) in [5.74, 6) is -0.170. The van der Waals surface area contributed by atoms with E-state index in [0.29, 0.717) is 71.2 Å². The van der Waals surface area contributed by atoms with Crippen LogP contribution in [0.2, 0.25) is 0 Å². The van der Waals surface area contributed by atoms with Gasteiger partial charge in [0.1, 0.15) is 16.8 Å². The molecule has 2 aromatic rings. The Balaban J connectivity index is 1.48. The molecule has 1 heterocycles. The van der Waals surface area contributed by atoms with Crippen LogP contribution >= 0.6 is 0 Å². The van der Waals surface area contributed by atoms with Crippen LogP contribution in [0.4, 0.5) is 14.4 Å². The molecular formula is C43H66N4O8. The molecule has 0 spiro atoms. The van der Waals surface area contributed by atoms with Crippen molar-refractivity contribution in [2.45, 2.75) is 137 Å². The predicted octanol–water partition coefficient (Wildman–Crippen LogP) is 8.49. The smallest absolute Gasteiger partial charge is 0.417 e. The quantitative estimate of drug-likeness (QED) is 0.141. The number of piperidine rings is 1. The Labute approximate surface area is 328 Å². The summed E-state index contributed by atoms with van der Waals surface area (Å²) in [5, 5.41) is 5.16. The molecule has 306 valence electrons. The largest absolute Gasteiger partial charge is 0.444 e. The van der Waals surface area contributed by atoms with Gasteiger partial charge in [0.2, 0.25) is 11.8 Å². The number of hydrogen-bond donors (Lipinski definition) is 1. The summed E-state index contributed by atoms with van der Waals surface area (Å²) in [4.78, 5) is 69.6. The second kappa shape index (κ2) is 20.5. The Hall–Kier alpha value is -4.35. The number of imide groups is 1. The van der Waals surface area contributed by atoms with Crippen molar-refractivity contribution in [1.29, 1.82) is 0 Å². The van der Waals surface area contributed by atoms with E-state index in [2.05, 4.69) is 5.32 Å². The van der Waals surface area contributed by atoms with Gasteiger partial charge in [-0.2, -0.15) is 0 Å². The molecule has 0 atom stereocenters. The number of rotatable bonds is 15. The Bertz CT molecular complexity index is 1580. The van der Waals surface area contributed by atoms with E-state index in [1.165, 1.54) is 4.90 Å². The van der Waals surface area contributed by atoms with E-state index in [1.807, 2.05) is 84.0 Å². The molecule has 0 aliphatic carbocycles. The van der Waals surface area contributed by atoms with Crippen LogP contribution in [0.5, 0.6) is 0 Å². The molecule has 1 fully saturated rings. The SMILES string of the molecule is CC(C)(C)OC(=O)N1CCC(CN(CCCCN(C(=O)CCCCCNC(=O)Cc2cccc3ccccc23)C(=O)OC(C)(C)C)C(=O)OC(C)(C)C)CC1. The molecule has 1 aliphatic heterocycles. The molecular weight excluding hydrogens is 700 g/mol. The topological polar surface area (TPSA) is 135 Å². The van der Waals surface area contributed by atoms with E-state index in [4.69, 9.17) is 14.2 Å². The van der Waals surface area contributed by atoms with Crippen LogP contribution in [-0.4, -0.2) is 101 Å². The fraction of sp³-hybridized carbons (Fsp3) is 0.651. The molecule has 0 aromatic heterocycles. The fourth-order valence-electron chi connectivity index (χ4n) is 6.35. The molecule has 55 heavy (non-hydrogen) atoms. The zero-order valence-electron chi connectivity index (χ0n) is 34.8. The average Bonchev–Trinajstić information content (AvgIpc) is 3.07. The molecule has 1 N–H and O–H groups in total. The van der Waals surface area contributed by atoms with Crippen LogP contribution in [0.3, 0.4) is 0 Å². The number of nitrogens with one attached hydrogen (secondary N) is 1.